The van der Waals surface area contributed by atoms with E-state index >= 15 is 0 Å². The van der Waals surface area contributed by atoms with Crippen molar-refractivity contribution in [3.8, 4) is 16.9 Å². The van der Waals surface area contributed by atoms with E-state index in [1.807, 2.05) is 74.5 Å². The summed E-state index contributed by atoms with van der Waals surface area (Å²) >= 11 is 0. The molecule has 1 N–H and O–H groups in total. The summed E-state index contributed by atoms with van der Waals surface area (Å²) in [5.41, 5.74) is 4.30. The zero-order chi connectivity index (χ0) is 21.1. The predicted molar refractivity (Wildman–Crippen MR) is 116 cm³/mol. The summed E-state index contributed by atoms with van der Waals surface area (Å²) in [5.74, 6) is -0.572. The van der Waals surface area contributed by atoms with Crippen LogP contribution in [0.3, 0.4) is 0 Å². The third-order valence-electron chi connectivity index (χ3n) is 5.09. The van der Waals surface area contributed by atoms with E-state index < -0.39 is 0 Å². The Balaban J connectivity index is 1.76. The van der Waals surface area contributed by atoms with Crippen molar-refractivity contribution in [3.63, 3.8) is 0 Å². The minimum absolute atomic E-state index is 0.245. The number of rotatable bonds is 5. The molecule has 5 heteroatoms. The number of halogens is 1. The molecule has 0 aliphatic carbocycles. The number of hydrogen-bond donors (Lipinski definition) is 1. The molecule has 0 aliphatic rings. The number of aromatic nitrogens is 2. The van der Waals surface area contributed by atoms with E-state index in [0.717, 1.165) is 16.9 Å². The fourth-order valence-corrected chi connectivity index (χ4v) is 3.52. The highest BCUT2D eigenvalue weighted by molar-refractivity contribution is 6.01. The molecule has 0 aliphatic heterocycles. The quantitative estimate of drug-likeness (QED) is 0.483. The lowest BCUT2D eigenvalue weighted by Crippen LogP contribution is -2.27. The molecular weight excluding hydrogens is 377 g/mol. The lowest BCUT2D eigenvalue weighted by atomic mass is 10.0. The number of carbonyl (C=O) groups is 1. The first-order valence-corrected chi connectivity index (χ1v) is 9.81. The van der Waals surface area contributed by atoms with E-state index in [-0.39, 0.29) is 17.8 Å². The van der Waals surface area contributed by atoms with Gasteiger partial charge in [0.25, 0.3) is 5.91 Å². The fraction of sp³-hybridized carbons (Fsp3) is 0.120. The van der Waals surface area contributed by atoms with Gasteiger partial charge < -0.3 is 5.32 Å². The summed E-state index contributed by atoms with van der Waals surface area (Å²) in [6.45, 7) is 3.72. The monoisotopic (exact) mass is 399 g/mol. The van der Waals surface area contributed by atoms with Gasteiger partial charge in [0.05, 0.1) is 23.0 Å². The van der Waals surface area contributed by atoms with Crippen LogP contribution in [0.2, 0.25) is 0 Å². The van der Waals surface area contributed by atoms with Crippen LogP contribution in [0.1, 0.15) is 34.6 Å². The Morgan fingerprint density at radius 1 is 0.967 bits per heavy atom. The number of para-hydroxylation sites is 1. The van der Waals surface area contributed by atoms with Gasteiger partial charge in [-0.3, -0.25) is 4.79 Å². The summed E-state index contributed by atoms with van der Waals surface area (Å²) in [5, 5.41) is 7.76. The van der Waals surface area contributed by atoms with Crippen molar-refractivity contribution < 1.29 is 9.18 Å². The number of nitrogens with one attached hydrogen (secondary N) is 1. The van der Waals surface area contributed by atoms with Crippen molar-refractivity contribution in [2.24, 2.45) is 0 Å². The van der Waals surface area contributed by atoms with Gasteiger partial charge in [-0.25, -0.2) is 9.07 Å². The van der Waals surface area contributed by atoms with E-state index in [1.165, 1.54) is 12.1 Å². The van der Waals surface area contributed by atoms with Crippen LogP contribution >= 0.6 is 0 Å². The zero-order valence-corrected chi connectivity index (χ0v) is 16.8. The van der Waals surface area contributed by atoms with Crippen LogP contribution in [0.4, 0.5) is 4.39 Å². The summed E-state index contributed by atoms with van der Waals surface area (Å²) < 4.78 is 15.4. The lowest BCUT2D eigenvalue weighted by molar-refractivity contribution is 0.0940. The molecule has 150 valence electrons. The van der Waals surface area contributed by atoms with Crippen LogP contribution in [0.15, 0.2) is 84.9 Å². The van der Waals surface area contributed by atoms with Crippen molar-refractivity contribution in [1.29, 1.82) is 0 Å². The van der Waals surface area contributed by atoms with Crippen molar-refractivity contribution in [2.75, 3.05) is 0 Å². The largest absolute Gasteiger partial charge is 0.345 e. The minimum Gasteiger partial charge on any atom is -0.345 e. The number of hydrogen-bond acceptors (Lipinski definition) is 2. The highest BCUT2D eigenvalue weighted by atomic mass is 19.1. The first-order valence-electron chi connectivity index (χ1n) is 9.81. The number of benzene rings is 3. The maximum Gasteiger partial charge on any atom is 0.255 e. The summed E-state index contributed by atoms with van der Waals surface area (Å²) in [7, 11) is 0. The standard InChI is InChI=1S/C25H22FN3O/c1-17(20-12-9-13-21(26)16-20)27-25(30)23-18(2)29(22-14-7-4-8-15-22)28-24(23)19-10-5-3-6-11-19/h3-17H,1-2H3,(H,27,30). The number of nitrogens with zero attached hydrogens (tertiary/aromatic N) is 2. The SMILES string of the molecule is Cc1c(C(=O)NC(C)c2cccc(F)c2)c(-c2ccccc2)nn1-c1ccccc1. The van der Waals surface area contributed by atoms with Gasteiger partial charge in [0.1, 0.15) is 11.5 Å². The topological polar surface area (TPSA) is 46.9 Å². The molecule has 1 heterocycles. The molecule has 0 saturated carbocycles. The van der Waals surface area contributed by atoms with E-state index in [4.69, 9.17) is 5.10 Å². The van der Waals surface area contributed by atoms with Gasteiger partial charge in [-0.15, -0.1) is 0 Å². The van der Waals surface area contributed by atoms with Crippen LogP contribution in [-0.4, -0.2) is 15.7 Å². The second-order valence-electron chi connectivity index (χ2n) is 7.17. The molecule has 1 aromatic heterocycles. The minimum atomic E-state index is -0.351. The second-order valence-corrected chi connectivity index (χ2v) is 7.17. The first kappa shape index (κ1) is 19.6. The molecule has 1 amide bonds. The Hall–Kier alpha value is -3.73. The van der Waals surface area contributed by atoms with Crippen LogP contribution in [-0.2, 0) is 0 Å². The Bertz CT molecular complexity index is 1170. The van der Waals surface area contributed by atoms with E-state index in [1.54, 1.807) is 16.8 Å². The molecule has 0 radical (unpaired) electrons. The molecule has 1 atom stereocenters. The van der Waals surface area contributed by atoms with Crippen molar-refractivity contribution in [1.82, 2.24) is 15.1 Å². The fourth-order valence-electron chi connectivity index (χ4n) is 3.52. The Labute approximate surface area is 175 Å². The number of carbonyl (C=O) groups excluding carboxylic acids is 1. The molecule has 0 fully saturated rings. The first-order chi connectivity index (χ1) is 14.5. The van der Waals surface area contributed by atoms with Crippen LogP contribution in [0.25, 0.3) is 16.9 Å². The predicted octanol–water partition coefficient (Wildman–Crippen LogP) is 5.48. The molecule has 1 unspecified atom stereocenters. The van der Waals surface area contributed by atoms with Gasteiger partial charge in [0.15, 0.2) is 0 Å². The Morgan fingerprint density at radius 2 is 1.63 bits per heavy atom. The van der Waals surface area contributed by atoms with Gasteiger partial charge in [-0.05, 0) is 43.7 Å². The molecule has 0 spiro atoms. The number of amides is 1. The van der Waals surface area contributed by atoms with E-state index in [2.05, 4.69) is 5.32 Å². The normalized spacial score (nSPS) is 11.8. The van der Waals surface area contributed by atoms with Gasteiger partial charge >= 0.3 is 0 Å². The van der Waals surface area contributed by atoms with Crippen molar-refractivity contribution in [2.45, 2.75) is 19.9 Å². The average Bonchev–Trinajstić information content (AvgIpc) is 3.12. The van der Waals surface area contributed by atoms with Gasteiger partial charge in [-0.2, -0.15) is 5.10 Å². The van der Waals surface area contributed by atoms with Crippen LogP contribution < -0.4 is 5.32 Å². The molecule has 0 saturated heterocycles. The van der Waals surface area contributed by atoms with Crippen LogP contribution in [0, 0.1) is 12.7 Å². The molecule has 4 aromatic rings. The molecule has 0 bridgehead atoms. The summed E-state index contributed by atoms with van der Waals surface area (Å²) in [6.07, 6.45) is 0. The molecule has 4 nitrogen and oxygen atoms in total. The maximum absolute atomic E-state index is 13.6. The molecule has 4 rings (SSSR count). The van der Waals surface area contributed by atoms with Gasteiger partial charge in [0.2, 0.25) is 0 Å². The smallest absolute Gasteiger partial charge is 0.255 e. The van der Waals surface area contributed by atoms with E-state index in [9.17, 15) is 9.18 Å². The zero-order valence-electron chi connectivity index (χ0n) is 16.8. The molecule has 30 heavy (non-hydrogen) atoms. The third-order valence-corrected chi connectivity index (χ3v) is 5.09. The molecular formula is C25H22FN3O. The van der Waals surface area contributed by atoms with Gasteiger partial charge in [-0.1, -0.05) is 60.7 Å². The maximum atomic E-state index is 13.6. The highest BCUT2D eigenvalue weighted by Gasteiger charge is 2.24. The van der Waals surface area contributed by atoms with Crippen molar-refractivity contribution in [3.05, 3.63) is 108 Å². The van der Waals surface area contributed by atoms with Crippen LogP contribution in [0.5, 0.6) is 0 Å². The summed E-state index contributed by atoms with van der Waals surface area (Å²) in [4.78, 5) is 13.3. The summed E-state index contributed by atoms with van der Waals surface area (Å²) in [6, 6.07) is 25.3. The lowest BCUT2D eigenvalue weighted by Gasteiger charge is -2.15. The van der Waals surface area contributed by atoms with Crippen molar-refractivity contribution >= 4 is 5.91 Å². The molecule has 3 aromatic carbocycles. The van der Waals surface area contributed by atoms with E-state index in [0.29, 0.717) is 16.8 Å². The Morgan fingerprint density at radius 3 is 2.30 bits per heavy atom. The second kappa shape index (κ2) is 8.33. The van der Waals surface area contributed by atoms with Gasteiger partial charge in [0, 0.05) is 5.56 Å². The third kappa shape index (κ3) is 3.87. The average molecular weight is 399 g/mol. The highest BCUT2D eigenvalue weighted by Crippen LogP contribution is 2.28. The Kier molecular flexibility index (Phi) is 5.44.